The van der Waals surface area contributed by atoms with Gasteiger partial charge >= 0.3 is 10.3 Å². The molecule has 1 rings (SSSR count). The number of hydrogen-bond acceptors (Lipinski definition) is 5. The lowest BCUT2D eigenvalue weighted by Crippen LogP contribution is -2.38. The molecule has 0 saturated heterocycles. The Hall–Kier alpha value is -1.37. The Balaban J connectivity index is 3.20. The van der Waals surface area contributed by atoms with Gasteiger partial charge in [-0.1, -0.05) is 0 Å². The molecule has 0 saturated carbocycles. The normalized spacial score (nSPS) is 21.2. The first kappa shape index (κ1) is 8.72. The van der Waals surface area contributed by atoms with Gasteiger partial charge in [0.2, 0.25) is 6.41 Å². The van der Waals surface area contributed by atoms with E-state index in [0.29, 0.717) is 0 Å². The van der Waals surface area contributed by atoms with Gasteiger partial charge in [-0.2, -0.15) is 8.42 Å². The van der Waals surface area contributed by atoms with Crippen LogP contribution in [0.2, 0.25) is 0 Å². The lowest BCUT2D eigenvalue weighted by atomic mass is 10.4. The summed E-state index contributed by atoms with van der Waals surface area (Å²) >= 11 is 0. The molecule has 1 aliphatic heterocycles. The molecule has 0 aliphatic carbocycles. The number of carbonyl (C=O) groups is 2. The Labute approximate surface area is 68.7 Å². The van der Waals surface area contributed by atoms with Gasteiger partial charge in [0.15, 0.2) is 0 Å². The Morgan fingerprint density at radius 1 is 1.58 bits per heavy atom. The van der Waals surface area contributed by atoms with Gasteiger partial charge in [-0.15, -0.1) is 4.31 Å². The summed E-state index contributed by atoms with van der Waals surface area (Å²) in [5.41, 5.74) is 0. The van der Waals surface area contributed by atoms with Crippen LogP contribution in [0.15, 0.2) is 11.8 Å². The molecular weight excluding hydrogens is 186 g/mol. The van der Waals surface area contributed by atoms with E-state index in [9.17, 15) is 18.0 Å². The minimum atomic E-state index is -4.22. The van der Waals surface area contributed by atoms with Crippen molar-refractivity contribution in [1.82, 2.24) is 4.31 Å². The first-order chi connectivity index (χ1) is 5.47. The molecule has 1 aliphatic rings. The van der Waals surface area contributed by atoms with Gasteiger partial charge in [0.1, 0.15) is 5.76 Å². The third-order valence-corrected chi connectivity index (χ3v) is 2.34. The maximum absolute atomic E-state index is 10.8. The predicted molar refractivity (Wildman–Crippen MR) is 36.7 cm³/mol. The van der Waals surface area contributed by atoms with E-state index in [2.05, 4.69) is 4.18 Å². The molecule has 0 spiro atoms. The zero-order valence-corrected chi connectivity index (χ0v) is 6.87. The highest BCUT2D eigenvalue weighted by molar-refractivity contribution is 7.85. The summed E-state index contributed by atoms with van der Waals surface area (Å²) in [5.74, 6) is -0.980. The zero-order chi connectivity index (χ0) is 9.35. The van der Waals surface area contributed by atoms with E-state index in [1.807, 2.05) is 0 Å². The molecule has 66 valence electrons. The fraction of sp³-hybridized carbons (Fsp3) is 0.200. The molecule has 0 aromatic carbocycles. The first-order valence-electron chi connectivity index (χ1n) is 2.89. The Morgan fingerprint density at radius 3 is 2.58 bits per heavy atom. The number of nitrogens with zero attached hydrogens (tertiary/aromatic N) is 1. The average Bonchev–Trinajstić information content (AvgIpc) is 1.82. The molecular formula is C5H5NO5S. The number of imide groups is 1. The van der Waals surface area contributed by atoms with Crippen molar-refractivity contribution in [2.24, 2.45) is 0 Å². The fourth-order valence-corrected chi connectivity index (χ4v) is 1.52. The van der Waals surface area contributed by atoms with Crippen LogP contribution < -0.4 is 0 Å². The highest BCUT2D eigenvalue weighted by atomic mass is 32.2. The van der Waals surface area contributed by atoms with Crippen molar-refractivity contribution >= 4 is 22.6 Å². The summed E-state index contributed by atoms with van der Waals surface area (Å²) < 4.78 is 25.9. The van der Waals surface area contributed by atoms with Crippen LogP contribution in [-0.2, 0) is 24.1 Å². The topological polar surface area (TPSA) is 80.8 Å². The molecule has 1 heterocycles. The number of rotatable bonds is 1. The van der Waals surface area contributed by atoms with Crippen molar-refractivity contribution in [2.45, 2.75) is 6.92 Å². The average molecular weight is 191 g/mol. The van der Waals surface area contributed by atoms with Gasteiger partial charge in [-0.3, -0.25) is 9.59 Å². The number of allylic oxidation sites excluding steroid dienone is 1. The lowest BCUT2D eigenvalue weighted by molar-refractivity contribution is -0.129. The molecule has 0 unspecified atom stereocenters. The fourth-order valence-electron chi connectivity index (χ4n) is 0.683. The maximum atomic E-state index is 10.8. The van der Waals surface area contributed by atoms with Crippen LogP contribution in [0.1, 0.15) is 6.92 Å². The smallest absolute Gasteiger partial charge is 0.371 e. The van der Waals surface area contributed by atoms with E-state index in [4.69, 9.17) is 0 Å². The van der Waals surface area contributed by atoms with Gasteiger partial charge in [-0.25, -0.2) is 0 Å². The SMILES string of the molecule is CC1=CC(=O)N(C=O)S(=O)(=O)O1. The van der Waals surface area contributed by atoms with Crippen LogP contribution in [0.25, 0.3) is 0 Å². The first-order valence-corrected chi connectivity index (χ1v) is 4.25. The molecule has 0 bridgehead atoms. The second-order valence-corrected chi connectivity index (χ2v) is 3.45. The van der Waals surface area contributed by atoms with Crippen LogP contribution in [0, 0.1) is 0 Å². The minimum absolute atomic E-state index is 0.0139. The highest BCUT2D eigenvalue weighted by Crippen LogP contribution is 2.14. The van der Waals surface area contributed by atoms with Gasteiger partial charge < -0.3 is 4.18 Å². The van der Waals surface area contributed by atoms with Gasteiger partial charge in [0.25, 0.3) is 5.91 Å². The molecule has 0 fully saturated rings. The molecule has 12 heavy (non-hydrogen) atoms. The predicted octanol–water partition coefficient (Wildman–Crippen LogP) is -0.850. The third-order valence-electron chi connectivity index (χ3n) is 1.12. The van der Waals surface area contributed by atoms with Crippen LogP contribution in [0.5, 0.6) is 0 Å². The maximum Gasteiger partial charge on any atom is 0.418 e. The van der Waals surface area contributed by atoms with E-state index in [-0.39, 0.29) is 16.5 Å². The summed E-state index contributed by atoms with van der Waals surface area (Å²) in [6.07, 6.45) is 0.802. The van der Waals surface area contributed by atoms with Gasteiger partial charge in [0.05, 0.1) is 0 Å². The van der Waals surface area contributed by atoms with Crippen molar-refractivity contribution in [3.8, 4) is 0 Å². The molecule has 0 aromatic rings. The molecule has 0 radical (unpaired) electrons. The summed E-state index contributed by atoms with van der Waals surface area (Å²) in [6.45, 7) is 1.30. The van der Waals surface area contributed by atoms with Crippen molar-refractivity contribution in [3.63, 3.8) is 0 Å². The molecule has 6 nitrogen and oxygen atoms in total. The Morgan fingerprint density at radius 2 is 2.17 bits per heavy atom. The van der Waals surface area contributed by atoms with Crippen LogP contribution >= 0.6 is 0 Å². The number of hydrogen-bond donors (Lipinski definition) is 0. The standard InChI is InChI=1S/C5H5NO5S/c1-4-2-5(8)6(3-7)12(9,10)11-4/h2-3H,1H3. The quantitative estimate of drug-likeness (QED) is 0.504. The van der Waals surface area contributed by atoms with E-state index in [1.54, 1.807) is 0 Å². The zero-order valence-electron chi connectivity index (χ0n) is 6.05. The summed E-state index contributed by atoms with van der Waals surface area (Å²) in [7, 11) is -4.22. The van der Waals surface area contributed by atoms with E-state index in [0.717, 1.165) is 6.08 Å². The Kier molecular flexibility index (Phi) is 1.89. The summed E-state index contributed by atoms with van der Waals surface area (Å²) in [4.78, 5) is 20.9. The van der Waals surface area contributed by atoms with E-state index in [1.165, 1.54) is 6.92 Å². The monoisotopic (exact) mass is 191 g/mol. The molecule has 7 heteroatoms. The minimum Gasteiger partial charge on any atom is -0.371 e. The van der Waals surface area contributed by atoms with Crippen molar-refractivity contribution in [2.75, 3.05) is 0 Å². The van der Waals surface area contributed by atoms with E-state index < -0.39 is 16.2 Å². The summed E-state index contributed by atoms with van der Waals surface area (Å²) in [5, 5.41) is 0. The van der Waals surface area contributed by atoms with Gasteiger partial charge in [-0.05, 0) is 6.92 Å². The van der Waals surface area contributed by atoms with Crippen molar-refractivity contribution in [1.29, 1.82) is 0 Å². The molecule has 0 atom stereocenters. The van der Waals surface area contributed by atoms with Crippen LogP contribution in [0.4, 0.5) is 0 Å². The second kappa shape index (κ2) is 2.59. The third kappa shape index (κ3) is 1.30. The second-order valence-electron chi connectivity index (χ2n) is 2.04. The molecule has 0 aromatic heterocycles. The van der Waals surface area contributed by atoms with Crippen LogP contribution in [0.3, 0.4) is 0 Å². The molecule has 0 N–H and O–H groups in total. The number of amides is 2. The Bertz CT molecular complexity index is 354. The van der Waals surface area contributed by atoms with Gasteiger partial charge in [0, 0.05) is 6.08 Å². The number of carbonyl (C=O) groups excluding carboxylic acids is 2. The van der Waals surface area contributed by atoms with Crippen molar-refractivity contribution in [3.05, 3.63) is 11.8 Å². The highest BCUT2D eigenvalue weighted by Gasteiger charge is 2.32. The largest absolute Gasteiger partial charge is 0.418 e. The van der Waals surface area contributed by atoms with E-state index >= 15 is 0 Å². The lowest BCUT2D eigenvalue weighted by Gasteiger charge is -2.18. The van der Waals surface area contributed by atoms with Crippen molar-refractivity contribution < 1.29 is 22.2 Å². The molecule has 2 amide bonds. The summed E-state index contributed by atoms with van der Waals surface area (Å²) in [6, 6.07) is 0. The van der Waals surface area contributed by atoms with Crippen LogP contribution in [-0.4, -0.2) is 25.0 Å².